The molecule has 1 saturated heterocycles. The molecule has 0 amide bonds. The van der Waals surface area contributed by atoms with Crippen LogP contribution in [0.1, 0.15) is 30.8 Å². The normalized spacial score (nSPS) is 17.6. The number of hydrogen-bond donors (Lipinski definition) is 1. The van der Waals surface area contributed by atoms with E-state index in [2.05, 4.69) is 19.8 Å². The van der Waals surface area contributed by atoms with Gasteiger partial charge in [0.15, 0.2) is 5.82 Å². The molecule has 1 fully saturated rings. The molecule has 0 bridgehead atoms. The molecule has 4 rings (SSSR count). The number of benzene rings is 2. The zero-order chi connectivity index (χ0) is 24.7. The van der Waals surface area contributed by atoms with E-state index in [4.69, 9.17) is 9.26 Å². The number of aromatic nitrogens is 2. The summed E-state index contributed by atoms with van der Waals surface area (Å²) in [5, 5.41) is 16.1. The monoisotopic (exact) mass is 477 g/mol. The number of ether oxygens (including phenoxy) is 2. The predicted molar refractivity (Wildman–Crippen MR) is 117 cm³/mol. The summed E-state index contributed by atoms with van der Waals surface area (Å²) in [6.07, 6.45) is -4.80. The van der Waals surface area contributed by atoms with Crippen LogP contribution in [0.15, 0.2) is 47.0 Å². The Morgan fingerprint density at radius 3 is 2.29 bits per heavy atom. The van der Waals surface area contributed by atoms with E-state index >= 15 is 0 Å². The molecule has 2 aromatic carbocycles. The van der Waals surface area contributed by atoms with Crippen molar-refractivity contribution >= 4 is 0 Å². The number of aryl methyl sites for hydroxylation is 1. The second kappa shape index (κ2) is 8.59. The molecule has 1 aromatic heterocycles. The van der Waals surface area contributed by atoms with Gasteiger partial charge in [-0.2, -0.15) is 4.98 Å². The highest BCUT2D eigenvalue weighted by molar-refractivity contribution is 5.65. The molecule has 10 heteroatoms. The summed E-state index contributed by atoms with van der Waals surface area (Å²) in [5.74, 6) is 0.853. The number of alkyl halides is 3. The Hall–Kier alpha value is -3.11. The molecule has 0 spiro atoms. The van der Waals surface area contributed by atoms with Gasteiger partial charge in [0.25, 0.3) is 5.89 Å². The molecule has 0 saturated carbocycles. The van der Waals surface area contributed by atoms with E-state index in [-0.39, 0.29) is 11.6 Å². The summed E-state index contributed by atoms with van der Waals surface area (Å²) in [4.78, 5) is 6.36. The zero-order valence-electron chi connectivity index (χ0n) is 19.3. The molecule has 7 nitrogen and oxygen atoms in total. The topological polar surface area (TPSA) is 80.9 Å². The largest absolute Gasteiger partial charge is 0.573 e. The first-order valence-electron chi connectivity index (χ1n) is 10.8. The Bertz CT molecular complexity index is 1160. The van der Waals surface area contributed by atoms with Gasteiger partial charge in [0.05, 0.1) is 12.2 Å². The molecule has 1 atom stereocenters. The summed E-state index contributed by atoms with van der Waals surface area (Å²) >= 11 is 0. The highest BCUT2D eigenvalue weighted by atomic mass is 19.4. The van der Waals surface area contributed by atoms with Crippen molar-refractivity contribution in [2.24, 2.45) is 5.41 Å². The van der Waals surface area contributed by atoms with Gasteiger partial charge in [-0.05, 0) is 56.3 Å². The highest BCUT2D eigenvalue weighted by Crippen LogP contribution is 2.51. The molecule has 34 heavy (non-hydrogen) atoms. The minimum atomic E-state index is -4.80. The number of nitrogens with zero attached hydrogens (tertiary/aromatic N) is 3. The van der Waals surface area contributed by atoms with Crippen molar-refractivity contribution in [3.05, 3.63) is 59.4 Å². The molecule has 0 aliphatic carbocycles. The Balaban J connectivity index is 1.84. The molecule has 2 heterocycles. The number of hydrogen-bond acceptors (Lipinski definition) is 7. The molecule has 3 aromatic rings. The fourth-order valence-corrected chi connectivity index (χ4v) is 4.75. The lowest BCUT2D eigenvalue weighted by molar-refractivity contribution is -0.274. The molecular formula is C24H26F3N3O4. The molecule has 0 radical (unpaired) electrons. The number of rotatable bonds is 7. The van der Waals surface area contributed by atoms with Crippen molar-refractivity contribution in [3.8, 4) is 23.0 Å². The van der Waals surface area contributed by atoms with Crippen LogP contribution in [0.2, 0.25) is 0 Å². The van der Waals surface area contributed by atoms with E-state index < -0.39 is 17.4 Å². The molecular weight excluding hydrogens is 451 g/mol. The maximum Gasteiger partial charge on any atom is 0.573 e. The van der Waals surface area contributed by atoms with Crippen LogP contribution in [0.25, 0.3) is 11.5 Å². The van der Waals surface area contributed by atoms with Crippen molar-refractivity contribution in [2.45, 2.75) is 32.7 Å². The van der Waals surface area contributed by atoms with Crippen LogP contribution < -0.4 is 9.47 Å². The fourth-order valence-electron chi connectivity index (χ4n) is 4.75. The Morgan fingerprint density at radius 1 is 1.12 bits per heavy atom. The molecule has 1 N–H and O–H groups in total. The number of aliphatic hydroxyl groups is 1. The van der Waals surface area contributed by atoms with Gasteiger partial charge in [0.1, 0.15) is 17.1 Å². The predicted octanol–water partition coefficient (Wildman–Crippen LogP) is 4.53. The average molecular weight is 477 g/mol. The van der Waals surface area contributed by atoms with Gasteiger partial charge >= 0.3 is 6.36 Å². The lowest BCUT2D eigenvalue weighted by Crippen LogP contribution is -2.63. The SMILES string of the molecule is CCOc1ccc([C@](O)(c2ccc(OC(F)(F)F)cc2)C2(C)CN(C)C2)cc1-c1nc(C)no1. The van der Waals surface area contributed by atoms with E-state index in [0.717, 1.165) is 0 Å². The van der Waals surface area contributed by atoms with Crippen LogP contribution in [-0.2, 0) is 5.60 Å². The smallest absolute Gasteiger partial charge is 0.493 e. The Kier molecular flexibility index (Phi) is 6.07. The van der Waals surface area contributed by atoms with Gasteiger partial charge < -0.3 is 24.0 Å². The standard InChI is InChI=1S/C24H26F3N3O4/c1-5-32-20-11-8-17(12-19(20)21-28-15(2)29-34-21)23(31,22(3)13-30(4)14-22)16-6-9-18(10-7-16)33-24(25,26)27/h6-12,31H,5,13-14H2,1-4H3/t23-/m1/s1. The minimum Gasteiger partial charge on any atom is -0.493 e. The third-order valence-corrected chi connectivity index (χ3v) is 6.07. The maximum atomic E-state index is 12.6. The van der Waals surface area contributed by atoms with Gasteiger partial charge in [-0.1, -0.05) is 30.3 Å². The second-order valence-electron chi connectivity index (χ2n) is 8.81. The summed E-state index contributed by atoms with van der Waals surface area (Å²) in [6, 6.07) is 10.5. The fraction of sp³-hybridized carbons (Fsp3) is 0.417. The molecule has 1 aliphatic rings. The van der Waals surface area contributed by atoms with E-state index in [1.807, 2.05) is 20.9 Å². The molecule has 182 valence electrons. The van der Waals surface area contributed by atoms with E-state index in [0.29, 0.717) is 48.0 Å². The number of halogens is 3. The lowest BCUT2D eigenvalue weighted by atomic mass is 9.62. The van der Waals surface area contributed by atoms with Gasteiger partial charge in [-0.3, -0.25) is 0 Å². The van der Waals surface area contributed by atoms with Gasteiger partial charge in [0.2, 0.25) is 0 Å². The minimum absolute atomic E-state index is 0.245. The van der Waals surface area contributed by atoms with Crippen LogP contribution in [0.5, 0.6) is 11.5 Å². The van der Waals surface area contributed by atoms with Crippen molar-refractivity contribution < 1.29 is 32.3 Å². The summed E-state index contributed by atoms with van der Waals surface area (Å²) in [6.45, 7) is 7.05. The van der Waals surface area contributed by atoms with Gasteiger partial charge in [0, 0.05) is 18.5 Å². The van der Waals surface area contributed by atoms with Crippen molar-refractivity contribution in [1.82, 2.24) is 15.0 Å². The Morgan fingerprint density at radius 2 is 1.76 bits per heavy atom. The van der Waals surface area contributed by atoms with Crippen LogP contribution in [0, 0.1) is 12.3 Å². The van der Waals surface area contributed by atoms with Gasteiger partial charge in [-0.15, -0.1) is 13.2 Å². The first-order chi connectivity index (χ1) is 15.9. The third kappa shape index (κ3) is 4.35. The second-order valence-corrected chi connectivity index (χ2v) is 8.81. The average Bonchev–Trinajstić information content (AvgIpc) is 3.18. The summed E-state index contributed by atoms with van der Waals surface area (Å²) in [7, 11) is 1.94. The number of likely N-dealkylation sites (tertiary alicyclic amines) is 1. The van der Waals surface area contributed by atoms with Crippen molar-refractivity contribution in [1.29, 1.82) is 0 Å². The van der Waals surface area contributed by atoms with Crippen LogP contribution in [0.4, 0.5) is 13.2 Å². The molecule has 1 aliphatic heterocycles. The van der Waals surface area contributed by atoms with E-state index in [1.54, 1.807) is 25.1 Å². The van der Waals surface area contributed by atoms with E-state index in [9.17, 15) is 18.3 Å². The first kappa shape index (κ1) is 24.0. The van der Waals surface area contributed by atoms with Crippen molar-refractivity contribution in [3.63, 3.8) is 0 Å². The van der Waals surface area contributed by atoms with E-state index in [1.165, 1.54) is 24.3 Å². The van der Waals surface area contributed by atoms with Crippen LogP contribution >= 0.6 is 0 Å². The summed E-state index contributed by atoms with van der Waals surface area (Å²) in [5.41, 5.74) is -0.670. The third-order valence-electron chi connectivity index (χ3n) is 6.07. The molecule has 0 unspecified atom stereocenters. The van der Waals surface area contributed by atoms with Crippen LogP contribution in [-0.4, -0.2) is 53.3 Å². The first-order valence-corrected chi connectivity index (χ1v) is 10.8. The van der Waals surface area contributed by atoms with Crippen molar-refractivity contribution in [2.75, 3.05) is 26.7 Å². The van der Waals surface area contributed by atoms with Gasteiger partial charge in [-0.25, -0.2) is 0 Å². The van der Waals surface area contributed by atoms with Crippen LogP contribution in [0.3, 0.4) is 0 Å². The Labute approximate surface area is 195 Å². The maximum absolute atomic E-state index is 12.6. The highest BCUT2D eigenvalue weighted by Gasteiger charge is 2.55. The quantitative estimate of drug-likeness (QED) is 0.536. The lowest BCUT2D eigenvalue weighted by Gasteiger charge is -2.56. The summed E-state index contributed by atoms with van der Waals surface area (Å²) < 4.78 is 53.0. The zero-order valence-corrected chi connectivity index (χ0v) is 19.3.